The van der Waals surface area contributed by atoms with Gasteiger partial charge in [-0.3, -0.25) is 37.3 Å². The van der Waals surface area contributed by atoms with E-state index in [1.807, 2.05) is 12.2 Å². The molecule has 5 unspecified atom stereocenters. The molecule has 0 aliphatic heterocycles. The SMILES string of the molecule is CC/C=C\C/C=C\C/C=C\C/C=C\C/C=C\CCCC(=O)OCC(COP(=O)(O)OCC(O)COP(=O)(O)OCC(COC(=O)CCCCCCCCCCCCCCCCC)OC(=O)CCCCCCC/C=C\CCCC)OC(=O)CCCCCCCCC/C=C\C/C=C\C/C=C\CC. The largest absolute Gasteiger partial charge is 0.472 e. The summed E-state index contributed by atoms with van der Waals surface area (Å²) in [5.41, 5.74) is 0. The number of hydrogen-bond acceptors (Lipinski definition) is 15. The van der Waals surface area contributed by atoms with E-state index in [1.54, 1.807) is 0 Å². The fourth-order valence-corrected chi connectivity index (χ4v) is 11.9. The predicted octanol–water partition coefficient (Wildman–Crippen LogP) is 22.6. The quantitative estimate of drug-likeness (QED) is 0.0169. The van der Waals surface area contributed by atoms with Crippen LogP contribution in [0.4, 0.5) is 0 Å². The number of ether oxygens (including phenoxy) is 4. The zero-order chi connectivity index (χ0) is 73.2. The Bertz CT molecular complexity index is 2320. The zero-order valence-corrected chi connectivity index (χ0v) is 64.6. The highest BCUT2D eigenvalue weighted by molar-refractivity contribution is 7.47. The number of rotatable bonds is 73. The summed E-state index contributed by atoms with van der Waals surface area (Å²) in [6, 6.07) is 0. The molecule has 0 aliphatic rings. The number of esters is 4. The van der Waals surface area contributed by atoms with Crippen LogP contribution in [0.1, 0.15) is 323 Å². The molecule has 3 N–H and O–H groups in total. The van der Waals surface area contributed by atoms with Crippen LogP contribution in [0.3, 0.4) is 0 Å². The minimum absolute atomic E-state index is 0.0701. The van der Waals surface area contributed by atoms with E-state index >= 15 is 0 Å². The van der Waals surface area contributed by atoms with Gasteiger partial charge in [0.1, 0.15) is 19.3 Å². The van der Waals surface area contributed by atoms with Gasteiger partial charge >= 0.3 is 39.5 Å². The smallest absolute Gasteiger partial charge is 0.462 e. The predicted molar refractivity (Wildman–Crippen MR) is 408 cm³/mol. The van der Waals surface area contributed by atoms with E-state index in [-0.39, 0.29) is 25.7 Å². The van der Waals surface area contributed by atoms with Crippen molar-refractivity contribution in [3.05, 3.63) is 109 Å². The summed E-state index contributed by atoms with van der Waals surface area (Å²) < 4.78 is 68.5. The molecule has 0 saturated carbocycles. The molecular weight excluding hydrogens is 1310 g/mol. The first-order valence-electron chi connectivity index (χ1n) is 39.1. The van der Waals surface area contributed by atoms with Crippen LogP contribution in [0.2, 0.25) is 0 Å². The van der Waals surface area contributed by atoms with Gasteiger partial charge in [-0.2, -0.15) is 0 Å². The molecule has 0 aromatic rings. The Labute approximate surface area is 607 Å². The Morgan fingerprint density at radius 1 is 0.290 bits per heavy atom. The molecule has 0 saturated heterocycles. The molecule has 0 aliphatic carbocycles. The van der Waals surface area contributed by atoms with Gasteiger partial charge in [0.25, 0.3) is 0 Å². The van der Waals surface area contributed by atoms with E-state index in [9.17, 15) is 43.2 Å². The Kier molecular flexibility index (Phi) is 69.9. The normalized spacial score (nSPS) is 14.5. The van der Waals surface area contributed by atoms with Crippen LogP contribution in [0.5, 0.6) is 0 Å². The monoisotopic (exact) mass is 1450 g/mol. The first-order chi connectivity index (χ1) is 48.7. The van der Waals surface area contributed by atoms with Gasteiger partial charge in [0.15, 0.2) is 12.2 Å². The lowest BCUT2D eigenvalue weighted by atomic mass is 10.0. The van der Waals surface area contributed by atoms with Gasteiger partial charge in [0.2, 0.25) is 0 Å². The molecule has 576 valence electrons. The second-order valence-electron chi connectivity index (χ2n) is 25.9. The number of phosphoric acid groups is 2. The molecule has 17 nitrogen and oxygen atoms in total. The number of hydrogen-bond donors (Lipinski definition) is 3. The lowest BCUT2D eigenvalue weighted by molar-refractivity contribution is -0.161. The lowest BCUT2D eigenvalue weighted by Crippen LogP contribution is -2.30. The van der Waals surface area contributed by atoms with E-state index < -0.39 is 97.5 Å². The van der Waals surface area contributed by atoms with Crippen molar-refractivity contribution >= 4 is 39.5 Å². The minimum atomic E-state index is -4.99. The van der Waals surface area contributed by atoms with Crippen LogP contribution in [0.15, 0.2) is 109 Å². The number of carbonyl (C=O) groups excluding carboxylic acids is 4. The van der Waals surface area contributed by atoms with Crippen molar-refractivity contribution < 1.29 is 80.2 Å². The molecule has 0 rings (SSSR count). The Morgan fingerprint density at radius 2 is 0.540 bits per heavy atom. The summed E-state index contributed by atoms with van der Waals surface area (Å²) in [5.74, 6) is -2.25. The molecule has 5 atom stereocenters. The van der Waals surface area contributed by atoms with Gasteiger partial charge in [-0.05, 0) is 116 Å². The van der Waals surface area contributed by atoms with Crippen molar-refractivity contribution in [3.8, 4) is 0 Å². The van der Waals surface area contributed by atoms with Crippen molar-refractivity contribution in [3.63, 3.8) is 0 Å². The first-order valence-corrected chi connectivity index (χ1v) is 42.1. The highest BCUT2D eigenvalue weighted by Crippen LogP contribution is 2.45. The number of carbonyl (C=O) groups is 4. The van der Waals surface area contributed by atoms with E-state index in [2.05, 4.69) is 125 Å². The van der Waals surface area contributed by atoms with Gasteiger partial charge in [-0.15, -0.1) is 0 Å². The molecule has 0 amide bonds. The van der Waals surface area contributed by atoms with E-state index in [0.717, 1.165) is 154 Å². The van der Waals surface area contributed by atoms with E-state index in [1.165, 1.54) is 83.5 Å². The average molecular weight is 1450 g/mol. The lowest BCUT2D eigenvalue weighted by Gasteiger charge is -2.21. The molecule has 0 aromatic heterocycles. The molecule has 19 heteroatoms. The number of allylic oxidation sites excluding steroid dienone is 18. The van der Waals surface area contributed by atoms with Gasteiger partial charge in [0.05, 0.1) is 26.4 Å². The summed E-state index contributed by atoms with van der Waals surface area (Å²) in [7, 11) is -9.97. The maximum Gasteiger partial charge on any atom is 0.472 e. The summed E-state index contributed by atoms with van der Waals surface area (Å²) >= 11 is 0. The van der Waals surface area contributed by atoms with Crippen LogP contribution in [-0.2, 0) is 65.4 Å². The van der Waals surface area contributed by atoms with Crippen molar-refractivity contribution in [2.45, 2.75) is 341 Å². The van der Waals surface area contributed by atoms with Crippen molar-refractivity contribution in [1.82, 2.24) is 0 Å². The number of aliphatic hydroxyl groups excluding tert-OH is 1. The molecule has 0 spiro atoms. The van der Waals surface area contributed by atoms with Crippen LogP contribution in [0.25, 0.3) is 0 Å². The van der Waals surface area contributed by atoms with Crippen LogP contribution >= 0.6 is 15.6 Å². The third-order valence-corrected chi connectivity index (χ3v) is 18.1. The minimum Gasteiger partial charge on any atom is -0.462 e. The van der Waals surface area contributed by atoms with Crippen molar-refractivity contribution in [2.75, 3.05) is 39.6 Å². The zero-order valence-electron chi connectivity index (χ0n) is 62.8. The maximum atomic E-state index is 13.1. The molecule has 0 bridgehead atoms. The van der Waals surface area contributed by atoms with Crippen molar-refractivity contribution in [1.29, 1.82) is 0 Å². The average Bonchev–Trinajstić information content (AvgIpc) is 1.00. The highest BCUT2D eigenvalue weighted by atomic mass is 31.2. The van der Waals surface area contributed by atoms with Gasteiger partial charge in [0, 0.05) is 25.7 Å². The second kappa shape index (κ2) is 73.0. The molecular formula is C81H140O17P2. The number of unbranched alkanes of at least 4 members (excludes halogenated alkanes) is 29. The van der Waals surface area contributed by atoms with Gasteiger partial charge in [-0.25, -0.2) is 9.13 Å². The van der Waals surface area contributed by atoms with Crippen LogP contribution in [0, 0.1) is 0 Å². The molecule has 0 aromatic carbocycles. The van der Waals surface area contributed by atoms with Gasteiger partial charge in [-0.1, -0.05) is 291 Å². The Morgan fingerprint density at radius 3 is 0.880 bits per heavy atom. The standard InChI is InChI=1S/C81H140O17P2/c1-5-9-13-17-21-25-29-32-35-37-40-43-47-50-54-58-62-66-79(84)92-72-77(98-81(86)68-64-60-56-52-48-44-41-38-36-33-30-26-22-18-14-10-6-2)74-96-100(89,90)94-70-75(82)69-93-99(87,88)95-73-76(97-80(85)67-63-59-55-51-45-28-24-20-16-12-8-4)71-91-78(83)65-61-57-53-49-46-42-39-34-31-27-23-19-15-11-7-3/h9-10,13-14,20-22,24-26,32-33,35-36,40,43,50,54,75-77,82H,5-8,11-12,15-19,23,27-31,34,37-39,41-42,44-49,51-53,55-74H2,1-4H3,(H,87,88)(H,89,90)/b13-9-,14-10-,24-20-,25-21-,26-22-,35-32-,36-33-,43-40-,54-50-. The fraction of sp³-hybridized carbons (Fsp3) is 0.728. The second-order valence-corrected chi connectivity index (χ2v) is 28.8. The molecule has 0 heterocycles. The van der Waals surface area contributed by atoms with Crippen molar-refractivity contribution in [2.24, 2.45) is 0 Å². The summed E-state index contributed by atoms with van der Waals surface area (Å²) in [6.45, 7) is 4.56. The highest BCUT2D eigenvalue weighted by Gasteiger charge is 2.30. The fourth-order valence-electron chi connectivity index (χ4n) is 10.3. The molecule has 0 fully saturated rings. The third kappa shape index (κ3) is 72.1. The van der Waals surface area contributed by atoms with E-state index in [4.69, 9.17) is 37.0 Å². The van der Waals surface area contributed by atoms with Gasteiger partial charge < -0.3 is 33.8 Å². The van der Waals surface area contributed by atoms with Crippen LogP contribution < -0.4 is 0 Å². The van der Waals surface area contributed by atoms with E-state index in [0.29, 0.717) is 32.1 Å². The topological polar surface area (TPSA) is 237 Å². The summed E-state index contributed by atoms with van der Waals surface area (Å²) in [4.78, 5) is 72.9. The Balaban J connectivity index is 5.38. The molecule has 0 radical (unpaired) electrons. The summed E-state index contributed by atoms with van der Waals surface area (Å²) in [5, 5.41) is 10.6. The maximum absolute atomic E-state index is 13.1. The summed E-state index contributed by atoms with van der Waals surface area (Å²) in [6.07, 6.45) is 78.0. The Hall–Kier alpha value is -4.28. The number of phosphoric ester groups is 2. The third-order valence-electron chi connectivity index (χ3n) is 16.2. The molecule has 100 heavy (non-hydrogen) atoms. The first kappa shape index (κ1) is 95.7. The number of aliphatic hydroxyl groups is 1. The van der Waals surface area contributed by atoms with Crippen LogP contribution in [-0.4, -0.2) is 96.7 Å².